The van der Waals surface area contributed by atoms with Crippen molar-refractivity contribution >= 4 is 8.32 Å². The zero-order valence-corrected chi connectivity index (χ0v) is 14.9. The van der Waals surface area contributed by atoms with Gasteiger partial charge < -0.3 is 13.9 Å². The summed E-state index contributed by atoms with van der Waals surface area (Å²) in [5, 5.41) is 0. The highest BCUT2D eigenvalue weighted by Crippen LogP contribution is 2.08. The first-order valence-electron chi connectivity index (χ1n) is 7.58. The lowest BCUT2D eigenvalue weighted by Gasteiger charge is -2.18. The predicted molar refractivity (Wildman–Crippen MR) is 88.6 cm³/mol. The Morgan fingerprint density at radius 3 is 2.25 bits per heavy atom. The van der Waals surface area contributed by atoms with Crippen molar-refractivity contribution in [2.45, 2.75) is 46.7 Å². The zero-order valence-electron chi connectivity index (χ0n) is 13.9. The molecule has 3 nitrogen and oxygen atoms in total. The average Bonchev–Trinajstić information content (AvgIpc) is 2.36. The van der Waals surface area contributed by atoms with Crippen molar-refractivity contribution in [1.82, 2.24) is 0 Å². The van der Waals surface area contributed by atoms with Crippen LogP contribution >= 0.6 is 0 Å². The van der Waals surface area contributed by atoms with Crippen LogP contribution in [0, 0.1) is 0 Å². The first-order valence-corrected chi connectivity index (χ1v) is 10.6. The van der Waals surface area contributed by atoms with Crippen LogP contribution in [0.15, 0.2) is 23.4 Å². The van der Waals surface area contributed by atoms with E-state index in [0.29, 0.717) is 26.4 Å². The molecule has 0 radical (unpaired) electrons. The third-order valence-electron chi connectivity index (χ3n) is 2.68. The minimum atomic E-state index is -1.67. The SMILES string of the molecule is CCOCCOCCO[Si](C)(C)/C=C/CCC=C(C)C. The first-order chi connectivity index (χ1) is 9.48. The molecule has 0 saturated heterocycles. The van der Waals surface area contributed by atoms with Crippen LogP contribution in [0.3, 0.4) is 0 Å². The summed E-state index contributed by atoms with van der Waals surface area (Å²) in [6, 6.07) is 0. The highest BCUT2D eigenvalue weighted by atomic mass is 28.4. The van der Waals surface area contributed by atoms with Crippen LogP contribution in [0.25, 0.3) is 0 Å². The van der Waals surface area contributed by atoms with Gasteiger partial charge in [-0.2, -0.15) is 0 Å². The summed E-state index contributed by atoms with van der Waals surface area (Å²) in [5.41, 5.74) is 3.65. The van der Waals surface area contributed by atoms with E-state index in [9.17, 15) is 0 Å². The van der Waals surface area contributed by atoms with Crippen molar-refractivity contribution in [3.63, 3.8) is 0 Å². The second-order valence-corrected chi connectivity index (χ2v) is 9.35. The number of allylic oxidation sites excluding steroid dienone is 3. The third kappa shape index (κ3) is 14.0. The second kappa shape index (κ2) is 12.3. The molecule has 20 heavy (non-hydrogen) atoms. The zero-order chi connectivity index (χ0) is 15.3. The summed E-state index contributed by atoms with van der Waals surface area (Å²) >= 11 is 0. The van der Waals surface area contributed by atoms with Crippen LogP contribution in [0.2, 0.25) is 13.1 Å². The van der Waals surface area contributed by atoms with E-state index in [1.807, 2.05) is 6.92 Å². The van der Waals surface area contributed by atoms with Gasteiger partial charge in [0.25, 0.3) is 0 Å². The molecule has 0 atom stereocenters. The van der Waals surface area contributed by atoms with Crippen molar-refractivity contribution in [3.8, 4) is 0 Å². The van der Waals surface area contributed by atoms with E-state index in [-0.39, 0.29) is 0 Å². The molecule has 4 heteroatoms. The standard InChI is InChI=1S/C16H32O3Si/c1-6-17-11-12-18-13-14-19-20(4,5)15-9-7-8-10-16(2)3/h9-10,15H,6-8,11-14H2,1-5H3/b15-9+. The van der Waals surface area contributed by atoms with Crippen molar-refractivity contribution in [2.24, 2.45) is 0 Å². The van der Waals surface area contributed by atoms with Crippen molar-refractivity contribution < 1.29 is 13.9 Å². The summed E-state index contributed by atoms with van der Waals surface area (Å²) in [6.07, 6.45) is 6.73. The molecule has 0 unspecified atom stereocenters. The molecule has 0 aliphatic rings. The number of rotatable bonds is 12. The van der Waals surface area contributed by atoms with E-state index in [1.54, 1.807) is 0 Å². The average molecular weight is 301 g/mol. The van der Waals surface area contributed by atoms with Crippen LogP contribution in [-0.2, 0) is 13.9 Å². The molecule has 0 heterocycles. The second-order valence-electron chi connectivity index (χ2n) is 5.52. The van der Waals surface area contributed by atoms with Gasteiger partial charge in [-0.3, -0.25) is 0 Å². The quantitative estimate of drug-likeness (QED) is 0.308. The molecule has 0 bridgehead atoms. The topological polar surface area (TPSA) is 27.7 Å². The van der Waals surface area contributed by atoms with E-state index < -0.39 is 8.32 Å². The Hall–Kier alpha value is -0.423. The highest BCUT2D eigenvalue weighted by molar-refractivity contribution is 6.76. The maximum absolute atomic E-state index is 5.93. The number of unbranched alkanes of at least 4 members (excludes halogenated alkanes) is 1. The molecular weight excluding hydrogens is 268 g/mol. The molecule has 0 rings (SSSR count). The normalized spacial score (nSPS) is 12.1. The molecule has 118 valence electrons. The Kier molecular flexibility index (Phi) is 12.1. The molecule has 0 aromatic rings. The molecule has 0 aliphatic carbocycles. The molecule has 0 aromatic carbocycles. The van der Waals surface area contributed by atoms with Crippen molar-refractivity contribution in [3.05, 3.63) is 23.4 Å². The predicted octanol–water partition coefficient (Wildman–Crippen LogP) is 4.10. The van der Waals surface area contributed by atoms with E-state index in [1.165, 1.54) is 5.57 Å². The first kappa shape index (κ1) is 19.6. The van der Waals surface area contributed by atoms with Gasteiger partial charge in [0.1, 0.15) is 0 Å². The van der Waals surface area contributed by atoms with Crippen LogP contribution < -0.4 is 0 Å². The number of hydrogen-bond acceptors (Lipinski definition) is 3. The Morgan fingerprint density at radius 1 is 0.950 bits per heavy atom. The molecule has 0 spiro atoms. The van der Waals surface area contributed by atoms with Gasteiger partial charge in [-0.05, 0) is 46.7 Å². The summed E-state index contributed by atoms with van der Waals surface area (Å²) in [5.74, 6) is 0. The van der Waals surface area contributed by atoms with Gasteiger partial charge in [-0.25, -0.2) is 0 Å². The smallest absolute Gasteiger partial charge is 0.210 e. The van der Waals surface area contributed by atoms with Crippen LogP contribution in [0.1, 0.15) is 33.6 Å². The third-order valence-corrected chi connectivity index (χ3v) is 4.67. The minimum absolute atomic E-state index is 0.648. The minimum Gasteiger partial charge on any atom is -0.411 e. The molecule has 0 N–H and O–H groups in total. The monoisotopic (exact) mass is 300 g/mol. The van der Waals surface area contributed by atoms with Gasteiger partial charge in [-0.1, -0.05) is 23.4 Å². The molecule has 0 aliphatic heterocycles. The largest absolute Gasteiger partial charge is 0.411 e. The number of ether oxygens (including phenoxy) is 2. The fourth-order valence-electron chi connectivity index (χ4n) is 1.61. The maximum atomic E-state index is 5.93. The summed E-state index contributed by atoms with van der Waals surface area (Å²) < 4.78 is 16.6. The van der Waals surface area contributed by atoms with Gasteiger partial charge >= 0.3 is 0 Å². The van der Waals surface area contributed by atoms with Gasteiger partial charge in [0.05, 0.1) is 26.4 Å². The molecule has 0 fully saturated rings. The summed E-state index contributed by atoms with van der Waals surface area (Å²) in [7, 11) is -1.67. The lowest BCUT2D eigenvalue weighted by Crippen LogP contribution is -2.29. The number of hydrogen-bond donors (Lipinski definition) is 0. The molecule has 0 aromatic heterocycles. The van der Waals surface area contributed by atoms with E-state index >= 15 is 0 Å². The molecular formula is C16H32O3Si. The summed E-state index contributed by atoms with van der Waals surface area (Å²) in [6.45, 7) is 14.1. The lowest BCUT2D eigenvalue weighted by atomic mass is 10.2. The van der Waals surface area contributed by atoms with Gasteiger partial charge in [0.15, 0.2) is 0 Å². The van der Waals surface area contributed by atoms with Gasteiger partial charge in [-0.15, -0.1) is 0 Å². The summed E-state index contributed by atoms with van der Waals surface area (Å²) in [4.78, 5) is 0. The Morgan fingerprint density at radius 2 is 1.60 bits per heavy atom. The van der Waals surface area contributed by atoms with E-state index in [0.717, 1.165) is 19.4 Å². The van der Waals surface area contributed by atoms with Gasteiger partial charge in [0, 0.05) is 6.61 Å². The maximum Gasteiger partial charge on any atom is 0.210 e. The van der Waals surface area contributed by atoms with E-state index in [2.05, 4.69) is 44.8 Å². The van der Waals surface area contributed by atoms with Crippen molar-refractivity contribution in [2.75, 3.05) is 33.0 Å². The Balaban J connectivity index is 3.62. The van der Waals surface area contributed by atoms with E-state index in [4.69, 9.17) is 13.9 Å². The fourth-order valence-corrected chi connectivity index (χ4v) is 3.05. The highest BCUT2D eigenvalue weighted by Gasteiger charge is 2.17. The molecule has 0 amide bonds. The van der Waals surface area contributed by atoms with Crippen LogP contribution in [0.4, 0.5) is 0 Å². The van der Waals surface area contributed by atoms with Crippen LogP contribution in [-0.4, -0.2) is 41.4 Å². The fraction of sp³-hybridized carbons (Fsp3) is 0.750. The van der Waals surface area contributed by atoms with Gasteiger partial charge in [0.2, 0.25) is 8.32 Å². The molecule has 0 saturated carbocycles. The Labute approximate surface area is 126 Å². The Bertz CT molecular complexity index is 281. The van der Waals surface area contributed by atoms with Crippen LogP contribution in [0.5, 0.6) is 0 Å². The lowest BCUT2D eigenvalue weighted by molar-refractivity contribution is 0.0397. The van der Waals surface area contributed by atoms with Crippen molar-refractivity contribution in [1.29, 1.82) is 0 Å².